The highest BCUT2D eigenvalue weighted by molar-refractivity contribution is 9.10. The molecule has 0 aliphatic carbocycles. The van der Waals surface area contributed by atoms with Gasteiger partial charge in [-0.05, 0) is 47.0 Å². The standard InChI is InChI=1S/C10H10BrFO2/c1-5-3-7(6(2)10(13)14)9(11)8(12)4-5/h3-4,6H,1-2H3,(H,13,14). The molecule has 1 atom stereocenters. The molecule has 1 aromatic carbocycles. The molecule has 0 aliphatic rings. The van der Waals surface area contributed by atoms with Crippen molar-refractivity contribution >= 4 is 21.9 Å². The molecule has 0 aliphatic heterocycles. The zero-order valence-corrected chi connectivity index (χ0v) is 9.43. The first-order chi connectivity index (χ1) is 6.43. The van der Waals surface area contributed by atoms with Gasteiger partial charge in [0.15, 0.2) is 0 Å². The van der Waals surface area contributed by atoms with E-state index in [9.17, 15) is 9.18 Å². The molecule has 4 heteroatoms. The van der Waals surface area contributed by atoms with E-state index >= 15 is 0 Å². The van der Waals surface area contributed by atoms with Crippen LogP contribution in [0, 0.1) is 12.7 Å². The summed E-state index contributed by atoms with van der Waals surface area (Å²) >= 11 is 3.04. The topological polar surface area (TPSA) is 37.3 Å². The molecule has 1 unspecified atom stereocenters. The zero-order valence-electron chi connectivity index (χ0n) is 7.84. The Balaban J connectivity index is 3.26. The van der Waals surface area contributed by atoms with Crippen LogP contribution in [-0.2, 0) is 4.79 Å². The first-order valence-corrected chi connectivity index (χ1v) is 4.91. The monoisotopic (exact) mass is 260 g/mol. The van der Waals surface area contributed by atoms with E-state index in [4.69, 9.17) is 5.11 Å². The van der Waals surface area contributed by atoms with Crippen molar-refractivity contribution in [2.45, 2.75) is 19.8 Å². The van der Waals surface area contributed by atoms with Gasteiger partial charge in [-0.1, -0.05) is 6.07 Å². The van der Waals surface area contributed by atoms with Crippen LogP contribution in [0.1, 0.15) is 24.0 Å². The zero-order chi connectivity index (χ0) is 10.9. The second-order valence-electron chi connectivity index (χ2n) is 3.21. The number of rotatable bonds is 2. The molecule has 0 heterocycles. The van der Waals surface area contributed by atoms with Gasteiger partial charge < -0.3 is 5.11 Å². The highest BCUT2D eigenvalue weighted by Gasteiger charge is 2.18. The Morgan fingerprint density at radius 2 is 2.14 bits per heavy atom. The Labute approximate surface area is 89.9 Å². The first-order valence-electron chi connectivity index (χ1n) is 4.12. The highest BCUT2D eigenvalue weighted by atomic mass is 79.9. The Hall–Kier alpha value is -0.900. The van der Waals surface area contributed by atoms with Gasteiger partial charge in [0.1, 0.15) is 5.82 Å². The van der Waals surface area contributed by atoms with Gasteiger partial charge in [0, 0.05) is 0 Å². The van der Waals surface area contributed by atoms with Crippen molar-refractivity contribution in [3.63, 3.8) is 0 Å². The van der Waals surface area contributed by atoms with Crippen LogP contribution < -0.4 is 0 Å². The van der Waals surface area contributed by atoms with Crippen LogP contribution in [0.5, 0.6) is 0 Å². The molecule has 1 N–H and O–H groups in total. The van der Waals surface area contributed by atoms with Gasteiger partial charge in [-0.15, -0.1) is 0 Å². The molecule has 0 fully saturated rings. The minimum atomic E-state index is -0.962. The molecular formula is C10H10BrFO2. The van der Waals surface area contributed by atoms with Crippen LogP contribution in [0.15, 0.2) is 16.6 Å². The van der Waals surface area contributed by atoms with Crippen molar-refractivity contribution in [2.24, 2.45) is 0 Å². The van der Waals surface area contributed by atoms with E-state index in [1.807, 2.05) is 0 Å². The fraction of sp³-hybridized carbons (Fsp3) is 0.300. The number of carboxylic acids is 1. The number of hydrogen-bond acceptors (Lipinski definition) is 1. The lowest BCUT2D eigenvalue weighted by atomic mass is 9.99. The van der Waals surface area contributed by atoms with E-state index in [0.717, 1.165) is 0 Å². The Morgan fingerprint density at radius 3 is 2.64 bits per heavy atom. The summed E-state index contributed by atoms with van der Waals surface area (Å²) in [7, 11) is 0. The second-order valence-corrected chi connectivity index (χ2v) is 4.00. The molecule has 0 saturated carbocycles. The van der Waals surface area contributed by atoms with Crippen molar-refractivity contribution in [1.82, 2.24) is 0 Å². The van der Waals surface area contributed by atoms with E-state index in [1.54, 1.807) is 13.0 Å². The summed E-state index contributed by atoms with van der Waals surface area (Å²) in [5, 5.41) is 8.80. The average Bonchev–Trinajstić information content (AvgIpc) is 2.09. The average molecular weight is 261 g/mol. The number of aliphatic carboxylic acids is 1. The lowest BCUT2D eigenvalue weighted by Crippen LogP contribution is -2.09. The maximum Gasteiger partial charge on any atom is 0.310 e. The molecule has 0 radical (unpaired) electrons. The minimum Gasteiger partial charge on any atom is -0.481 e. The molecule has 2 nitrogen and oxygen atoms in total. The number of carboxylic acid groups (broad SMARTS) is 1. The number of benzene rings is 1. The molecule has 0 amide bonds. The summed E-state index contributed by atoms with van der Waals surface area (Å²) in [6.07, 6.45) is 0. The summed E-state index contributed by atoms with van der Waals surface area (Å²) < 4.78 is 13.5. The fourth-order valence-corrected chi connectivity index (χ4v) is 1.77. The molecule has 0 saturated heterocycles. The van der Waals surface area contributed by atoms with Gasteiger partial charge in [-0.2, -0.15) is 0 Å². The Kier molecular flexibility index (Phi) is 3.26. The van der Waals surface area contributed by atoms with Crippen molar-refractivity contribution in [2.75, 3.05) is 0 Å². The smallest absolute Gasteiger partial charge is 0.310 e. The molecule has 1 aromatic rings. The van der Waals surface area contributed by atoms with Gasteiger partial charge in [0.25, 0.3) is 0 Å². The van der Waals surface area contributed by atoms with Crippen molar-refractivity contribution in [1.29, 1.82) is 0 Å². The first kappa shape index (κ1) is 11.2. The van der Waals surface area contributed by atoms with E-state index in [0.29, 0.717) is 11.1 Å². The molecule has 76 valence electrons. The molecule has 0 bridgehead atoms. The van der Waals surface area contributed by atoms with Gasteiger partial charge in [0.05, 0.1) is 10.4 Å². The predicted molar refractivity (Wildman–Crippen MR) is 54.9 cm³/mol. The maximum atomic E-state index is 13.2. The Bertz CT molecular complexity index is 377. The summed E-state index contributed by atoms with van der Waals surface area (Å²) in [4.78, 5) is 10.7. The molecular weight excluding hydrogens is 251 g/mol. The van der Waals surface area contributed by atoms with Crippen LogP contribution in [0.25, 0.3) is 0 Å². The third kappa shape index (κ3) is 2.12. The van der Waals surface area contributed by atoms with Gasteiger partial charge in [-0.3, -0.25) is 4.79 Å². The molecule has 0 spiro atoms. The van der Waals surface area contributed by atoms with Crippen molar-refractivity contribution in [3.05, 3.63) is 33.5 Å². The van der Waals surface area contributed by atoms with E-state index in [-0.39, 0.29) is 4.47 Å². The highest BCUT2D eigenvalue weighted by Crippen LogP contribution is 2.28. The van der Waals surface area contributed by atoms with Crippen molar-refractivity contribution < 1.29 is 14.3 Å². The van der Waals surface area contributed by atoms with Gasteiger partial charge in [-0.25, -0.2) is 4.39 Å². The van der Waals surface area contributed by atoms with Crippen LogP contribution >= 0.6 is 15.9 Å². The maximum absolute atomic E-state index is 13.2. The van der Waals surface area contributed by atoms with Crippen LogP contribution in [0.2, 0.25) is 0 Å². The number of carbonyl (C=O) groups is 1. The quantitative estimate of drug-likeness (QED) is 0.888. The number of aryl methyl sites for hydroxylation is 1. The number of halogens is 2. The third-order valence-electron chi connectivity index (χ3n) is 2.04. The molecule has 14 heavy (non-hydrogen) atoms. The van der Waals surface area contributed by atoms with E-state index in [2.05, 4.69) is 15.9 Å². The van der Waals surface area contributed by atoms with Gasteiger partial charge >= 0.3 is 5.97 Å². The lowest BCUT2D eigenvalue weighted by Gasteiger charge is -2.10. The van der Waals surface area contributed by atoms with Crippen molar-refractivity contribution in [3.8, 4) is 0 Å². The van der Waals surface area contributed by atoms with E-state index < -0.39 is 17.7 Å². The van der Waals surface area contributed by atoms with Crippen LogP contribution in [0.4, 0.5) is 4.39 Å². The second kappa shape index (κ2) is 4.09. The van der Waals surface area contributed by atoms with E-state index in [1.165, 1.54) is 13.0 Å². The fourth-order valence-electron chi connectivity index (χ4n) is 1.20. The lowest BCUT2D eigenvalue weighted by molar-refractivity contribution is -0.138. The summed E-state index contributed by atoms with van der Waals surface area (Å²) in [6, 6.07) is 3.04. The normalized spacial score (nSPS) is 12.6. The third-order valence-corrected chi connectivity index (χ3v) is 2.87. The molecule has 1 rings (SSSR count). The summed E-state index contributed by atoms with van der Waals surface area (Å²) in [5.41, 5.74) is 1.18. The summed E-state index contributed by atoms with van der Waals surface area (Å²) in [6.45, 7) is 3.26. The predicted octanol–water partition coefficient (Wildman–Crippen LogP) is 3.08. The number of hydrogen-bond donors (Lipinski definition) is 1. The molecule has 0 aromatic heterocycles. The summed E-state index contributed by atoms with van der Waals surface area (Å²) in [5.74, 6) is -2.09. The van der Waals surface area contributed by atoms with Crippen LogP contribution in [0.3, 0.4) is 0 Å². The minimum absolute atomic E-state index is 0.234. The van der Waals surface area contributed by atoms with Crippen LogP contribution in [-0.4, -0.2) is 11.1 Å². The Morgan fingerprint density at radius 1 is 1.57 bits per heavy atom. The SMILES string of the molecule is Cc1cc(F)c(Br)c(C(C)C(=O)O)c1. The van der Waals surface area contributed by atoms with Gasteiger partial charge in [0.2, 0.25) is 0 Å². The largest absolute Gasteiger partial charge is 0.481 e.